The van der Waals surface area contributed by atoms with Crippen molar-refractivity contribution in [3.63, 3.8) is 0 Å². The highest BCUT2D eigenvalue weighted by Crippen LogP contribution is 2.15. The summed E-state index contributed by atoms with van der Waals surface area (Å²) >= 11 is 0. The van der Waals surface area contributed by atoms with Gasteiger partial charge in [0.25, 0.3) is 0 Å². The van der Waals surface area contributed by atoms with Gasteiger partial charge in [0.05, 0.1) is 12.5 Å². The molecule has 0 spiro atoms. The van der Waals surface area contributed by atoms with Gasteiger partial charge in [-0.2, -0.15) is 8.42 Å². The van der Waals surface area contributed by atoms with Crippen LogP contribution >= 0.6 is 0 Å². The third kappa shape index (κ3) is 2.86. The summed E-state index contributed by atoms with van der Waals surface area (Å²) in [5.74, 6) is 0.492. The molecule has 1 heterocycles. The van der Waals surface area contributed by atoms with E-state index in [0.717, 1.165) is 0 Å². The van der Waals surface area contributed by atoms with E-state index in [2.05, 4.69) is 10.3 Å². The molecule has 0 atom stereocenters. The summed E-state index contributed by atoms with van der Waals surface area (Å²) in [6.07, 6.45) is 0. The minimum atomic E-state index is -4.22. The molecule has 9 heteroatoms. The normalized spacial score (nSPS) is 11.3. The first-order valence-corrected chi connectivity index (χ1v) is 7.86. The quantitative estimate of drug-likeness (QED) is 0.690. The van der Waals surface area contributed by atoms with Crippen LogP contribution in [0.5, 0.6) is 5.75 Å². The molecule has 0 aliphatic rings. The molecule has 0 bridgehead atoms. The third-order valence-corrected chi connectivity index (χ3v) is 4.25. The van der Waals surface area contributed by atoms with Gasteiger partial charge in [-0.25, -0.2) is 0 Å². The van der Waals surface area contributed by atoms with E-state index >= 15 is 0 Å². The number of nitrogens with zero attached hydrogens (tertiary/aromatic N) is 3. The number of fused-ring (bicyclic) bond motifs is 1. The van der Waals surface area contributed by atoms with Crippen molar-refractivity contribution in [2.24, 2.45) is 0 Å². The second-order valence-corrected chi connectivity index (χ2v) is 6.02. The van der Waals surface area contributed by atoms with Gasteiger partial charge in [-0.3, -0.25) is 9.08 Å². The number of aromatic nitrogens is 3. The molecule has 0 saturated heterocycles. The molecular weight excluding hydrogens is 322 g/mol. The number of rotatable bonds is 4. The SMILES string of the molecule is COc1ccc(S(=O)(=O)On2nnc3ccccc3c2=O)cc1. The molecular formula is C14H11N3O5S. The fourth-order valence-corrected chi connectivity index (χ4v) is 2.74. The van der Waals surface area contributed by atoms with Gasteiger partial charge in [-0.1, -0.05) is 12.1 Å². The van der Waals surface area contributed by atoms with Gasteiger partial charge in [0.15, 0.2) is 0 Å². The van der Waals surface area contributed by atoms with Crippen molar-refractivity contribution in [1.29, 1.82) is 0 Å². The number of benzene rings is 2. The average molecular weight is 333 g/mol. The van der Waals surface area contributed by atoms with Gasteiger partial charge in [-0.15, -0.1) is 5.10 Å². The van der Waals surface area contributed by atoms with E-state index in [1.165, 1.54) is 37.4 Å². The minimum Gasteiger partial charge on any atom is -0.497 e. The Balaban J connectivity index is 2.00. The van der Waals surface area contributed by atoms with Crippen LogP contribution in [0.3, 0.4) is 0 Å². The molecule has 0 fully saturated rings. The third-order valence-electron chi connectivity index (χ3n) is 3.06. The molecule has 0 aliphatic carbocycles. The maximum Gasteiger partial charge on any atom is 0.358 e. The molecule has 0 saturated carbocycles. The minimum absolute atomic E-state index is 0.139. The molecule has 23 heavy (non-hydrogen) atoms. The molecule has 3 rings (SSSR count). The maximum atomic E-state index is 12.2. The maximum absolute atomic E-state index is 12.2. The van der Waals surface area contributed by atoms with Gasteiger partial charge in [0, 0.05) is 0 Å². The van der Waals surface area contributed by atoms with Crippen LogP contribution in [0, 0.1) is 0 Å². The van der Waals surface area contributed by atoms with E-state index in [-0.39, 0.29) is 10.3 Å². The van der Waals surface area contributed by atoms with Crippen molar-refractivity contribution in [3.8, 4) is 5.75 Å². The predicted molar refractivity (Wildman–Crippen MR) is 80.6 cm³/mol. The highest BCUT2D eigenvalue weighted by Gasteiger charge is 2.19. The highest BCUT2D eigenvalue weighted by molar-refractivity contribution is 7.87. The van der Waals surface area contributed by atoms with Gasteiger partial charge in [0.2, 0.25) is 0 Å². The zero-order chi connectivity index (χ0) is 16.4. The van der Waals surface area contributed by atoms with Crippen molar-refractivity contribution in [3.05, 3.63) is 58.9 Å². The predicted octanol–water partition coefficient (Wildman–Crippen LogP) is 0.618. The largest absolute Gasteiger partial charge is 0.497 e. The Bertz CT molecular complexity index is 1010. The summed E-state index contributed by atoms with van der Waals surface area (Å²) in [6, 6.07) is 11.9. The first kappa shape index (κ1) is 15.0. The molecule has 1 aromatic heterocycles. The molecule has 3 aromatic rings. The molecule has 0 aliphatic heterocycles. The van der Waals surface area contributed by atoms with E-state index in [9.17, 15) is 13.2 Å². The lowest BCUT2D eigenvalue weighted by atomic mass is 10.2. The second kappa shape index (κ2) is 5.69. The van der Waals surface area contributed by atoms with Crippen LogP contribution in [0.1, 0.15) is 0 Å². The van der Waals surface area contributed by atoms with Crippen molar-refractivity contribution in [2.45, 2.75) is 4.90 Å². The van der Waals surface area contributed by atoms with E-state index in [4.69, 9.17) is 9.02 Å². The summed E-state index contributed by atoms with van der Waals surface area (Å²) in [4.78, 5) is 12.4. The summed E-state index contributed by atoms with van der Waals surface area (Å²) in [6.45, 7) is 0. The molecule has 0 amide bonds. The van der Waals surface area contributed by atoms with Crippen LogP contribution in [-0.4, -0.2) is 30.7 Å². The lowest BCUT2D eigenvalue weighted by Crippen LogP contribution is -2.33. The Kier molecular flexibility index (Phi) is 3.70. The van der Waals surface area contributed by atoms with Crippen LogP contribution in [0.25, 0.3) is 10.9 Å². The Labute approximate surface area is 131 Å². The summed E-state index contributed by atoms with van der Waals surface area (Å²) in [5.41, 5.74) is -0.369. The number of hydrogen-bond acceptors (Lipinski definition) is 7. The zero-order valence-electron chi connectivity index (χ0n) is 11.9. The van der Waals surface area contributed by atoms with Crippen LogP contribution in [0.4, 0.5) is 0 Å². The fourth-order valence-electron chi connectivity index (χ4n) is 1.90. The molecule has 0 unspecified atom stereocenters. The zero-order valence-corrected chi connectivity index (χ0v) is 12.7. The molecule has 8 nitrogen and oxygen atoms in total. The summed E-state index contributed by atoms with van der Waals surface area (Å²) in [7, 11) is -2.76. The number of hydrogen-bond donors (Lipinski definition) is 0. The molecule has 0 radical (unpaired) electrons. The van der Waals surface area contributed by atoms with Gasteiger partial charge >= 0.3 is 15.7 Å². The summed E-state index contributed by atoms with van der Waals surface area (Å²) < 4.78 is 34.1. The molecule has 2 aromatic carbocycles. The van der Waals surface area contributed by atoms with Gasteiger partial charge < -0.3 is 4.74 Å². The lowest BCUT2D eigenvalue weighted by Gasteiger charge is -2.07. The van der Waals surface area contributed by atoms with E-state index in [0.29, 0.717) is 16.1 Å². The topological polar surface area (TPSA) is 100 Å². The summed E-state index contributed by atoms with van der Waals surface area (Å²) in [5, 5.41) is 7.43. The van der Waals surface area contributed by atoms with E-state index in [1.54, 1.807) is 18.2 Å². The standard InChI is InChI=1S/C14H11N3O5S/c1-21-10-6-8-11(9-7-10)23(19,20)22-17-14(18)12-4-2-3-5-13(12)15-16-17/h2-9H,1H3. The van der Waals surface area contributed by atoms with E-state index < -0.39 is 15.7 Å². The Hall–Kier alpha value is -2.94. The molecule has 118 valence electrons. The van der Waals surface area contributed by atoms with Gasteiger partial charge in [0.1, 0.15) is 16.2 Å². The van der Waals surface area contributed by atoms with Crippen molar-refractivity contribution in [2.75, 3.05) is 7.11 Å². The van der Waals surface area contributed by atoms with Crippen LogP contribution in [-0.2, 0) is 10.1 Å². The number of ether oxygens (including phenoxy) is 1. The van der Waals surface area contributed by atoms with Gasteiger partial charge in [-0.05, 0) is 46.5 Å². The Morgan fingerprint density at radius 3 is 2.43 bits per heavy atom. The van der Waals surface area contributed by atoms with E-state index in [1.807, 2.05) is 0 Å². The number of methoxy groups -OCH3 is 1. The first-order chi connectivity index (χ1) is 11.0. The second-order valence-electron chi connectivity index (χ2n) is 4.49. The first-order valence-electron chi connectivity index (χ1n) is 6.45. The molecule has 0 N–H and O–H groups in total. The lowest BCUT2D eigenvalue weighted by molar-refractivity contribution is 0.215. The van der Waals surface area contributed by atoms with Crippen LogP contribution in [0.2, 0.25) is 0 Å². The van der Waals surface area contributed by atoms with Crippen LogP contribution in [0.15, 0.2) is 58.2 Å². The average Bonchev–Trinajstić information content (AvgIpc) is 2.57. The van der Waals surface area contributed by atoms with Crippen molar-refractivity contribution in [1.82, 2.24) is 15.2 Å². The smallest absolute Gasteiger partial charge is 0.358 e. The monoisotopic (exact) mass is 333 g/mol. The Morgan fingerprint density at radius 2 is 1.74 bits per heavy atom. The highest BCUT2D eigenvalue weighted by atomic mass is 32.2. The van der Waals surface area contributed by atoms with Crippen LogP contribution < -0.4 is 14.6 Å². The fraction of sp³-hybridized carbons (Fsp3) is 0.0714. The Morgan fingerprint density at radius 1 is 1.04 bits per heavy atom. The van der Waals surface area contributed by atoms with Crippen molar-refractivity contribution < 1.29 is 17.4 Å². The van der Waals surface area contributed by atoms with Crippen molar-refractivity contribution >= 4 is 21.0 Å².